The van der Waals surface area contributed by atoms with Crippen molar-refractivity contribution in [1.82, 2.24) is 0 Å². The number of hydrogen-bond donors (Lipinski definition) is 0. The molecule has 3 atom stereocenters. The van der Waals surface area contributed by atoms with Gasteiger partial charge in [-0.1, -0.05) is 32.4 Å². The van der Waals surface area contributed by atoms with Gasteiger partial charge in [0.15, 0.2) is 0 Å². The van der Waals surface area contributed by atoms with Gasteiger partial charge in [-0.15, -0.1) is 0 Å². The van der Waals surface area contributed by atoms with Crippen LogP contribution in [0.15, 0.2) is 11.6 Å². The second-order valence-electron chi connectivity index (χ2n) is 6.32. The third kappa shape index (κ3) is 1.68. The lowest BCUT2D eigenvalue weighted by molar-refractivity contribution is 0.0664. The van der Waals surface area contributed by atoms with Crippen LogP contribution in [0, 0.1) is 16.7 Å². The normalized spacial score (nSPS) is 50.2. The fourth-order valence-electron chi connectivity index (χ4n) is 4.39. The molecule has 0 radical (unpaired) electrons. The highest BCUT2D eigenvalue weighted by molar-refractivity contribution is 5.17. The summed E-state index contributed by atoms with van der Waals surface area (Å²) < 4.78 is 0. The lowest BCUT2D eigenvalue weighted by atomic mass is 9.55. The van der Waals surface area contributed by atoms with Gasteiger partial charge in [-0.05, 0) is 49.4 Å². The number of allylic oxidation sites excluding steroid dienone is 2. The van der Waals surface area contributed by atoms with Crippen molar-refractivity contribution in [2.45, 2.75) is 53.4 Å². The van der Waals surface area contributed by atoms with Crippen molar-refractivity contribution in [3.63, 3.8) is 0 Å². The maximum absolute atomic E-state index is 2.55. The lowest BCUT2D eigenvalue weighted by Gasteiger charge is -2.50. The van der Waals surface area contributed by atoms with Crippen molar-refractivity contribution in [3.05, 3.63) is 11.6 Å². The summed E-state index contributed by atoms with van der Waals surface area (Å²) >= 11 is 0. The summed E-state index contributed by atoms with van der Waals surface area (Å²) in [4.78, 5) is 0. The molecule has 0 spiro atoms. The summed E-state index contributed by atoms with van der Waals surface area (Å²) in [6.45, 7) is 9.66. The van der Waals surface area contributed by atoms with Crippen LogP contribution < -0.4 is 0 Å². The van der Waals surface area contributed by atoms with E-state index in [2.05, 4.69) is 33.8 Å². The van der Waals surface area contributed by atoms with E-state index in [0.717, 1.165) is 5.92 Å². The van der Waals surface area contributed by atoms with Gasteiger partial charge >= 0.3 is 0 Å². The highest BCUT2D eigenvalue weighted by Gasteiger charge is 2.43. The van der Waals surface area contributed by atoms with Gasteiger partial charge in [0.25, 0.3) is 0 Å². The average molecular weight is 178 g/mol. The van der Waals surface area contributed by atoms with E-state index in [4.69, 9.17) is 0 Å². The molecule has 0 amide bonds. The molecule has 1 saturated carbocycles. The number of rotatable bonds is 0. The van der Waals surface area contributed by atoms with Gasteiger partial charge < -0.3 is 0 Å². The predicted molar refractivity (Wildman–Crippen MR) is 57.6 cm³/mol. The zero-order valence-corrected chi connectivity index (χ0v) is 9.48. The third-order valence-electron chi connectivity index (χ3n) is 3.79. The summed E-state index contributed by atoms with van der Waals surface area (Å²) in [6, 6.07) is 0. The summed E-state index contributed by atoms with van der Waals surface area (Å²) in [5, 5.41) is 0. The molecule has 2 aliphatic carbocycles. The number of fused-ring (bicyclic) bond motifs is 2. The van der Waals surface area contributed by atoms with Crippen LogP contribution in [-0.2, 0) is 0 Å². The molecule has 0 aromatic heterocycles. The van der Waals surface area contributed by atoms with Crippen molar-refractivity contribution in [1.29, 1.82) is 0 Å². The van der Waals surface area contributed by atoms with Gasteiger partial charge in [0, 0.05) is 0 Å². The van der Waals surface area contributed by atoms with Crippen molar-refractivity contribution < 1.29 is 0 Å². The number of hydrogen-bond acceptors (Lipinski definition) is 0. The molecular weight excluding hydrogens is 156 g/mol. The van der Waals surface area contributed by atoms with Gasteiger partial charge in [0.05, 0.1) is 0 Å². The molecule has 0 N–H and O–H groups in total. The molecule has 0 aromatic rings. The highest BCUT2D eigenvalue weighted by atomic mass is 14.5. The molecule has 0 heterocycles. The summed E-state index contributed by atoms with van der Waals surface area (Å²) in [5.74, 6) is 0.924. The van der Waals surface area contributed by atoms with Crippen LogP contribution >= 0.6 is 0 Å². The Labute approximate surface area is 82.4 Å². The highest BCUT2D eigenvalue weighted by Crippen LogP contribution is 2.55. The van der Waals surface area contributed by atoms with Crippen molar-refractivity contribution >= 4 is 0 Å². The minimum atomic E-state index is 0.523. The molecular formula is C13H22. The van der Waals surface area contributed by atoms with Crippen LogP contribution in [0.3, 0.4) is 0 Å². The van der Waals surface area contributed by atoms with E-state index in [1.165, 1.54) is 25.7 Å². The van der Waals surface area contributed by atoms with E-state index in [1.54, 1.807) is 5.57 Å². The molecule has 0 nitrogen and oxygen atoms in total. The van der Waals surface area contributed by atoms with Crippen molar-refractivity contribution in [2.75, 3.05) is 0 Å². The molecule has 13 heavy (non-hydrogen) atoms. The molecule has 0 unspecified atom stereocenters. The van der Waals surface area contributed by atoms with E-state index >= 15 is 0 Å². The Kier molecular flexibility index (Phi) is 1.87. The molecule has 2 rings (SSSR count). The van der Waals surface area contributed by atoms with E-state index in [-0.39, 0.29) is 0 Å². The molecule has 1 fully saturated rings. The van der Waals surface area contributed by atoms with Gasteiger partial charge in [-0.3, -0.25) is 0 Å². The summed E-state index contributed by atoms with van der Waals surface area (Å²) in [7, 11) is 0. The van der Waals surface area contributed by atoms with Gasteiger partial charge in [0.1, 0.15) is 0 Å². The van der Waals surface area contributed by atoms with E-state index in [9.17, 15) is 0 Å². The van der Waals surface area contributed by atoms with Crippen LogP contribution in [0.1, 0.15) is 53.4 Å². The Bertz CT molecular complexity index is 251. The molecule has 0 heteroatoms. The van der Waals surface area contributed by atoms with Gasteiger partial charge in [-0.25, -0.2) is 0 Å². The fraction of sp³-hybridized carbons (Fsp3) is 0.846. The average Bonchev–Trinajstić information content (AvgIpc) is 1.75. The molecule has 0 aliphatic heterocycles. The maximum atomic E-state index is 2.55. The smallest absolute Gasteiger partial charge is 0.0136 e. The second kappa shape index (κ2) is 2.62. The zero-order chi connectivity index (χ0) is 9.69. The maximum Gasteiger partial charge on any atom is -0.0136 e. The quantitative estimate of drug-likeness (QED) is 0.488. The third-order valence-corrected chi connectivity index (χ3v) is 3.79. The van der Waals surface area contributed by atoms with Crippen LogP contribution in [-0.4, -0.2) is 0 Å². The monoisotopic (exact) mass is 178 g/mol. The second-order valence-corrected chi connectivity index (χ2v) is 6.32. The summed E-state index contributed by atoms with van der Waals surface area (Å²) in [5.41, 5.74) is 2.77. The Hall–Kier alpha value is -0.260. The Morgan fingerprint density at radius 3 is 2.62 bits per heavy atom. The SMILES string of the molecule is CC1=C[C@]2(C)C[C@H](C)C[C@](C)(C1)C2. The predicted octanol–water partition coefficient (Wildman–Crippen LogP) is 4.17. The first kappa shape index (κ1) is 9.30. The first-order valence-corrected chi connectivity index (χ1v) is 5.59. The minimum absolute atomic E-state index is 0.523. The van der Waals surface area contributed by atoms with Gasteiger partial charge in [-0.2, -0.15) is 0 Å². The zero-order valence-electron chi connectivity index (χ0n) is 9.48. The van der Waals surface area contributed by atoms with Crippen LogP contribution in [0.5, 0.6) is 0 Å². The Morgan fingerprint density at radius 1 is 1.31 bits per heavy atom. The molecule has 74 valence electrons. The van der Waals surface area contributed by atoms with Crippen molar-refractivity contribution in [3.8, 4) is 0 Å². The van der Waals surface area contributed by atoms with E-state index in [1.807, 2.05) is 0 Å². The minimum Gasteiger partial charge on any atom is -0.0796 e. The lowest BCUT2D eigenvalue weighted by Crippen LogP contribution is -2.38. The molecule has 2 aliphatic rings. The van der Waals surface area contributed by atoms with E-state index in [0.29, 0.717) is 10.8 Å². The first-order valence-electron chi connectivity index (χ1n) is 5.59. The largest absolute Gasteiger partial charge is 0.0796 e. The van der Waals surface area contributed by atoms with Gasteiger partial charge in [0.2, 0.25) is 0 Å². The topological polar surface area (TPSA) is 0 Å². The summed E-state index contributed by atoms with van der Waals surface area (Å²) in [6.07, 6.45) is 8.15. The molecule has 0 saturated heterocycles. The Balaban J connectivity index is 2.34. The van der Waals surface area contributed by atoms with Crippen LogP contribution in [0.25, 0.3) is 0 Å². The van der Waals surface area contributed by atoms with Crippen LogP contribution in [0.4, 0.5) is 0 Å². The Morgan fingerprint density at radius 2 is 2.00 bits per heavy atom. The fourth-order valence-corrected chi connectivity index (χ4v) is 4.39. The van der Waals surface area contributed by atoms with E-state index < -0.39 is 0 Å². The first-order chi connectivity index (χ1) is 5.91. The molecule has 2 bridgehead atoms. The van der Waals surface area contributed by atoms with Crippen LogP contribution in [0.2, 0.25) is 0 Å². The standard InChI is InChI=1S/C13H22/c1-10-5-12(3)7-11(2)8-13(4,6-10)9-12/h5,11H,6-9H2,1-4H3/t11-,12+,13-/m0/s1. The van der Waals surface area contributed by atoms with Crippen molar-refractivity contribution in [2.24, 2.45) is 16.7 Å². The molecule has 0 aromatic carbocycles.